The van der Waals surface area contributed by atoms with Gasteiger partial charge in [-0.3, -0.25) is 0 Å². The van der Waals surface area contributed by atoms with Crippen LogP contribution in [0.5, 0.6) is 0 Å². The molecular formula is C14H29B. The maximum Gasteiger partial charge on any atom is 0.139 e. The van der Waals surface area contributed by atoms with E-state index in [0.717, 1.165) is 6.71 Å². The van der Waals surface area contributed by atoms with E-state index in [2.05, 4.69) is 32.9 Å². The van der Waals surface area contributed by atoms with Crippen LogP contribution in [-0.2, 0) is 0 Å². The molecule has 0 aliphatic heterocycles. The van der Waals surface area contributed by atoms with Crippen LogP contribution in [0.4, 0.5) is 0 Å². The first kappa shape index (κ1) is 14.8. The smallest absolute Gasteiger partial charge is 0.0888 e. The predicted octanol–water partition coefficient (Wildman–Crippen LogP) is 5.44. The first-order valence-corrected chi connectivity index (χ1v) is 7.00. The molecule has 0 nitrogen and oxygen atoms in total. The molecule has 0 rings (SSSR count). The van der Waals surface area contributed by atoms with Gasteiger partial charge in [0.2, 0.25) is 0 Å². The number of rotatable bonds is 10. The highest BCUT2D eigenvalue weighted by atomic mass is 13.9. The zero-order valence-electron chi connectivity index (χ0n) is 11.1. The summed E-state index contributed by atoms with van der Waals surface area (Å²) in [7, 11) is 0. The summed E-state index contributed by atoms with van der Waals surface area (Å²) in [4.78, 5) is 0. The van der Waals surface area contributed by atoms with Gasteiger partial charge in [0, 0.05) is 0 Å². The molecule has 0 aromatic carbocycles. The lowest BCUT2D eigenvalue weighted by Gasteiger charge is -2.07. The lowest BCUT2D eigenvalue weighted by Crippen LogP contribution is -2.07. The van der Waals surface area contributed by atoms with E-state index < -0.39 is 0 Å². The maximum atomic E-state index is 2.33. The Balaban J connectivity index is 3.13. The Labute approximate surface area is 97.6 Å². The fourth-order valence-electron chi connectivity index (χ4n) is 2.03. The van der Waals surface area contributed by atoms with Gasteiger partial charge in [0.25, 0.3) is 0 Å². The van der Waals surface area contributed by atoms with Crippen LogP contribution in [0.25, 0.3) is 0 Å². The van der Waals surface area contributed by atoms with E-state index in [9.17, 15) is 0 Å². The highest BCUT2D eigenvalue weighted by Gasteiger charge is 2.06. The lowest BCUT2D eigenvalue weighted by molar-refractivity contribution is 0.670. The van der Waals surface area contributed by atoms with Gasteiger partial charge < -0.3 is 0 Å². The molecular weight excluding hydrogens is 179 g/mol. The monoisotopic (exact) mass is 208 g/mol. The van der Waals surface area contributed by atoms with Crippen LogP contribution in [-0.4, -0.2) is 6.71 Å². The minimum absolute atomic E-state index is 0.991. The molecule has 0 heterocycles. The van der Waals surface area contributed by atoms with Gasteiger partial charge in [-0.05, 0) is 19.3 Å². The van der Waals surface area contributed by atoms with Crippen LogP contribution in [0.15, 0.2) is 12.2 Å². The molecule has 0 aromatic heterocycles. The Morgan fingerprint density at radius 3 is 2.07 bits per heavy atom. The molecule has 0 fully saturated rings. The van der Waals surface area contributed by atoms with Crippen molar-refractivity contribution in [3.8, 4) is 0 Å². The second-order valence-corrected chi connectivity index (χ2v) is 4.55. The van der Waals surface area contributed by atoms with Crippen molar-refractivity contribution >= 4 is 6.71 Å². The molecule has 0 bridgehead atoms. The van der Waals surface area contributed by atoms with E-state index in [1.165, 1.54) is 57.5 Å². The third kappa shape index (κ3) is 10.1. The molecule has 0 N–H and O–H groups in total. The van der Waals surface area contributed by atoms with Crippen LogP contribution in [0, 0.1) is 0 Å². The number of hydrogen-bond acceptors (Lipinski definition) is 0. The molecule has 0 amide bonds. The summed E-state index contributed by atoms with van der Waals surface area (Å²) < 4.78 is 0. The SMILES string of the molecule is CCC=CCCCCCCB(CC)CC. The van der Waals surface area contributed by atoms with E-state index in [0.29, 0.717) is 0 Å². The summed E-state index contributed by atoms with van der Waals surface area (Å²) in [5.74, 6) is 0. The molecule has 0 aliphatic carbocycles. The third-order valence-corrected chi connectivity index (χ3v) is 3.29. The van der Waals surface area contributed by atoms with E-state index in [4.69, 9.17) is 0 Å². The van der Waals surface area contributed by atoms with Crippen LogP contribution >= 0.6 is 0 Å². The van der Waals surface area contributed by atoms with Crippen LogP contribution in [0.1, 0.15) is 59.3 Å². The molecule has 0 aliphatic rings. The molecule has 0 aromatic rings. The second kappa shape index (κ2) is 11.9. The first-order valence-electron chi connectivity index (χ1n) is 7.00. The number of unbranched alkanes of at least 4 members (excludes halogenated alkanes) is 4. The van der Waals surface area contributed by atoms with E-state index in [1.807, 2.05) is 0 Å². The molecule has 1 heteroatoms. The summed E-state index contributed by atoms with van der Waals surface area (Å²) >= 11 is 0. The fraction of sp³-hybridized carbons (Fsp3) is 0.857. The van der Waals surface area contributed by atoms with Gasteiger partial charge in [0.1, 0.15) is 6.71 Å². The number of hydrogen-bond donors (Lipinski definition) is 0. The Morgan fingerprint density at radius 2 is 1.47 bits per heavy atom. The van der Waals surface area contributed by atoms with Crippen molar-refractivity contribution in [1.82, 2.24) is 0 Å². The topological polar surface area (TPSA) is 0 Å². The van der Waals surface area contributed by atoms with E-state index in [-0.39, 0.29) is 0 Å². The quantitative estimate of drug-likeness (QED) is 0.255. The van der Waals surface area contributed by atoms with Crippen molar-refractivity contribution in [1.29, 1.82) is 0 Å². The highest BCUT2D eigenvalue weighted by molar-refractivity contribution is 6.58. The Morgan fingerprint density at radius 1 is 0.800 bits per heavy atom. The first-order chi connectivity index (χ1) is 7.35. The van der Waals surface area contributed by atoms with Gasteiger partial charge in [-0.15, -0.1) is 0 Å². The van der Waals surface area contributed by atoms with Gasteiger partial charge in [0.05, 0.1) is 0 Å². The average Bonchev–Trinajstić information content (AvgIpc) is 2.27. The van der Waals surface area contributed by atoms with Crippen molar-refractivity contribution in [2.45, 2.75) is 78.3 Å². The highest BCUT2D eigenvalue weighted by Crippen LogP contribution is 2.12. The van der Waals surface area contributed by atoms with E-state index >= 15 is 0 Å². The molecule has 88 valence electrons. The summed E-state index contributed by atoms with van der Waals surface area (Å²) in [6.07, 6.45) is 17.0. The van der Waals surface area contributed by atoms with Crippen LogP contribution < -0.4 is 0 Å². The fourth-order valence-corrected chi connectivity index (χ4v) is 2.03. The number of allylic oxidation sites excluding steroid dienone is 2. The second-order valence-electron chi connectivity index (χ2n) is 4.55. The third-order valence-electron chi connectivity index (χ3n) is 3.29. The Bertz CT molecular complexity index is 136. The molecule has 0 radical (unpaired) electrons. The van der Waals surface area contributed by atoms with Crippen molar-refractivity contribution in [2.24, 2.45) is 0 Å². The molecule has 0 unspecified atom stereocenters. The van der Waals surface area contributed by atoms with Gasteiger partial charge in [-0.25, -0.2) is 0 Å². The van der Waals surface area contributed by atoms with Crippen molar-refractivity contribution in [3.63, 3.8) is 0 Å². The summed E-state index contributed by atoms with van der Waals surface area (Å²) in [5.41, 5.74) is 0. The predicted molar refractivity (Wildman–Crippen MR) is 74.0 cm³/mol. The van der Waals surface area contributed by atoms with Gasteiger partial charge in [0.15, 0.2) is 0 Å². The summed E-state index contributed by atoms with van der Waals surface area (Å²) in [5, 5.41) is 0. The summed E-state index contributed by atoms with van der Waals surface area (Å²) in [6.45, 7) is 7.84. The molecule has 0 spiro atoms. The molecule has 0 saturated carbocycles. The Kier molecular flexibility index (Phi) is 11.7. The maximum absolute atomic E-state index is 2.33. The summed E-state index contributed by atoms with van der Waals surface area (Å²) in [6, 6.07) is 0. The zero-order chi connectivity index (χ0) is 11.4. The largest absolute Gasteiger partial charge is 0.139 e. The van der Waals surface area contributed by atoms with E-state index in [1.54, 1.807) is 0 Å². The zero-order valence-corrected chi connectivity index (χ0v) is 11.1. The molecule has 15 heavy (non-hydrogen) atoms. The standard InChI is InChI=1S/C14H29B/c1-4-7-8-9-10-11-12-13-14-15(5-2)6-3/h7-8H,4-6,9-14H2,1-3H3. The van der Waals surface area contributed by atoms with Crippen molar-refractivity contribution in [3.05, 3.63) is 12.2 Å². The molecule has 0 saturated heterocycles. The van der Waals surface area contributed by atoms with Crippen molar-refractivity contribution in [2.75, 3.05) is 0 Å². The van der Waals surface area contributed by atoms with Gasteiger partial charge in [-0.2, -0.15) is 0 Å². The minimum atomic E-state index is 0.991. The molecule has 0 atom stereocenters. The normalized spacial score (nSPS) is 11.1. The van der Waals surface area contributed by atoms with Crippen LogP contribution in [0.2, 0.25) is 19.0 Å². The average molecular weight is 208 g/mol. The van der Waals surface area contributed by atoms with Crippen molar-refractivity contribution < 1.29 is 0 Å². The van der Waals surface area contributed by atoms with Gasteiger partial charge in [-0.1, -0.05) is 71.1 Å². The lowest BCUT2D eigenvalue weighted by atomic mass is 9.43. The van der Waals surface area contributed by atoms with Crippen LogP contribution in [0.3, 0.4) is 0 Å². The van der Waals surface area contributed by atoms with Gasteiger partial charge >= 0.3 is 0 Å². The minimum Gasteiger partial charge on any atom is -0.0888 e. The Hall–Kier alpha value is -0.195.